The molecule has 0 radical (unpaired) electrons. The van der Waals surface area contributed by atoms with Crippen molar-refractivity contribution in [1.29, 1.82) is 5.26 Å². The highest BCUT2D eigenvalue weighted by molar-refractivity contribution is 5.55. The van der Waals surface area contributed by atoms with E-state index in [1.165, 1.54) is 0 Å². The summed E-state index contributed by atoms with van der Waals surface area (Å²) in [7, 11) is 0. The van der Waals surface area contributed by atoms with Crippen molar-refractivity contribution < 1.29 is 4.74 Å². The van der Waals surface area contributed by atoms with Crippen molar-refractivity contribution in [2.75, 3.05) is 31.2 Å². The molecule has 0 saturated carbocycles. The van der Waals surface area contributed by atoms with Gasteiger partial charge in [0.25, 0.3) is 0 Å². The molecule has 0 aromatic carbocycles. The Bertz CT molecular complexity index is 364. The first kappa shape index (κ1) is 9.94. The Morgan fingerprint density at radius 1 is 1.40 bits per heavy atom. The molecular weight excluding hydrogens is 190 g/mol. The van der Waals surface area contributed by atoms with Gasteiger partial charge in [0, 0.05) is 25.9 Å². The molecule has 1 aliphatic heterocycles. The molecule has 78 valence electrons. The van der Waals surface area contributed by atoms with E-state index in [-0.39, 0.29) is 0 Å². The Morgan fingerprint density at radius 3 is 3.20 bits per heavy atom. The van der Waals surface area contributed by atoms with Gasteiger partial charge in [0.15, 0.2) is 5.69 Å². The summed E-state index contributed by atoms with van der Waals surface area (Å²) in [5.74, 6) is 0. The van der Waals surface area contributed by atoms with Crippen molar-refractivity contribution in [2.24, 2.45) is 0 Å². The summed E-state index contributed by atoms with van der Waals surface area (Å²) in [4.78, 5) is 6.22. The fourth-order valence-electron chi connectivity index (χ4n) is 1.73. The topological polar surface area (TPSA) is 49.2 Å². The summed E-state index contributed by atoms with van der Waals surface area (Å²) in [6.45, 7) is 3.29. The average molecular weight is 203 g/mol. The molecule has 0 bridgehead atoms. The average Bonchev–Trinajstić information content (AvgIpc) is 2.57. The molecule has 0 aliphatic carbocycles. The van der Waals surface area contributed by atoms with E-state index in [2.05, 4.69) is 16.0 Å². The molecule has 2 rings (SSSR count). The van der Waals surface area contributed by atoms with E-state index in [0.29, 0.717) is 5.69 Å². The van der Waals surface area contributed by atoms with Crippen LogP contribution in [0.15, 0.2) is 18.3 Å². The van der Waals surface area contributed by atoms with Crippen molar-refractivity contribution in [3.8, 4) is 6.07 Å². The van der Waals surface area contributed by atoms with Gasteiger partial charge in [-0.25, -0.2) is 4.98 Å². The fraction of sp³-hybridized carbons (Fsp3) is 0.455. The summed E-state index contributed by atoms with van der Waals surface area (Å²) in [6, 6.07) is 5.92. The number of anilines is 1. The zero-order valence-corrected chi connectivity index (χ0v) is 8.52. The van der Waals surface area contributed by atoms with Gasteiger partial charge < -0.3 is 9.64 Å². The standard InChI is InChI=1S/C11H13N3O/c12-9-10-11(3-1-4-13-10)14-5-2-7-15-8-6-14/h1,3-4H,2,5-8H2. The number of nitrogens with zero attached hydrogens (tertiary/aromatic N) is 3. The first-order valence-corrected chi connectivity index (χ1v) is 5.09. The Labute approximate surface area is 89.1 Å². The van der Waals surface area contributed by atoms with Gasteiger partial charge in [0.05, 0.1) is 12.3 Å². The van der Waals surface area contributed by atoms with Crippen molar-refractivity contribution in [2.45, 2.75) is 6.42 Å². The van der Waals surface area contributed by atoms with Crippen LogP contribution in [0.5, 0.6) is 0 Å². The number of aromatic nitrogens is 1. The van der Waals surface area contributed by atoms with Crippen LogP contribution in [0.2, 0.25) is 0 Å². The molecule has 4 heteroatoms. The predicted molar refractivity (Wildman–Crippen MR) is 56.6 cm³/mol. The molecule has 0 unspecified atom stereocenters. The first-order chi connectivity index (χ1) is 7.42. The lowest BCUT2D eigenvalue weighted by atomic mass is 10.2. The van der Waals surface area contributed by atoms with Crippen LogP contribution in [0.25, 0.3) is 0 Å². The van der Waals surface area contributed by atoms with E-state index < -0.39 is 0 Å². The molecule has 0 N–H and O–H groups in total. The number of ether oxygens (including phenoxy) is 1. The van der Waals surface area contributed by atoms with E-state index in [0.717, 1.165) is 38.4 Å². The van der Waals surface area contributed by atoms with Gasteiger partial charge in [-0.15, -0.1) is 0 Å². The van der Waals surface area contributed by atoms with E-state index in [9.17, 15) is 0 Å². The minimum atomic E-state index is 0.499. The van der Waals surface area contributed by atoms with Gasteiger partial charge in [-0.05, 0) is 18.6 Å². The van der Waals surface area contributed by atoms with Crippen LogP contribution in [-0.2, 0) is 4.74 Å². The van der Waals surface area contributed by atoms with Crippen molar-refractivity contribution in [3.63, 3.8) is 0 Å². The van der Waals surface area contributed by atoms with Crippen molar-refractivity contribution >= 4 is 5.69 Å². The molecule has 1 saturated heterocycles. The molecule has 0 spiro atoms. The molecule has 1 aromatic heterocycles. The number of nitriles is 1. The monoisotopic (exact) mass is 203 g/mol. The second-order valence-electron chi connectivity index (χ2n) is 3.44. The molecule has 15 heavy (non-hydrogen) atoms. The molecular formula is C11H13N3O. The third kappa shape index (κ3) is 2.25. The highest BCUT2D eigenvalue weighted by Crippen LogP contribution is 2.18. The maximum atomic E-state index is 8.95. The van der Waals surface area contributed by atoms with Crippen molar-refractivity contribution in [3.05, 3.63) is 24.0 Å². The summed E-state index contributed by atoms with van der Waals surface area (Å²) < 4.78 is 5.37. The Hall–Kier alpha value is -1.60. The van der Waals surface area contributed by atoms with Gasteiger partial charge in [0.1, 0.15) is 6.07 Å². The van der Waals surface area contributed by atoms with E-state index in [1.54, 1.807) is 6.20 Å². The van der Waals surface area contributed by atoms with Gasteiger partial charge in [-0.1, -0.05) is 0 Å². The van der Waals surface area contributed by atoms with E-state index in [4.69, 9.17) is 10.00 Å². The lowest BCUT2D eigenvalue weighted by Crippen LogP contribution is -2.26. The zero-order chi connectivity index (χ0) is 10.5. The van der Waals surface area contributed by atoms with Gasteiger partial charge in [-0.2, -0.15) is 5.26 Å². The Kier molecular flexibility index (Phi) is 3.15. The number of hydrogen-bond donors (Lipinski definition) is 0. The van der Waals surface area contributed by atoms with Gasteiger partial charge in [0.2, 0.25) is 0 Å². The van der Waals surface area contributed by atoms with E-state index in [1.807, 2.05) is 12.1 Å². The minimum absolute atomic E-state index is 0.499. The maximum absolute atomic E-state index is 8.95. The van der Waals surface area contributed by atoms with Crippen LogP contribution in [0, 0.1) is 11.3 Å². The van der Waals surface area contributed by atoms with Crippen LogP contribution in [0.1, 0.15) is 12.1 Å². The highest BCUT2D eigenvalue weighted by Gasteiger charge is 2.13. The van der Waals surface area contributed by atoms with Crippen LogP contribution in [0.3, 0.4) is 0 Å². The Balaban J connectivity index is 2.23. The summed E-state index contributed by atoms with van der Waals surface area (Å²) in [5, 5.41) is 8.95. The molecule has 0 amide bonds. The Morgan fingerprint density at radius 2 is 2.33 bits per heavy atom. The quantitative estimate of drug-likeness (QED) is 0.687. The lowest BCUT2D eigenvalue weighted by molar-refractivity contribution is 0.152. The van der Waals surface area contributed by atoms with Crippen LogP contribution < -0.4 is 4.90 Å². The molecule has 1 aromatic rings. The normalized spacial score (nSPS) is 16.9. The van der Waals surface area contributed by atoms with Crippen LogP contribution in [0.4, 0.5) is 5.69 Å². The van der Waals surface area contributed by atoms with E-state index >= 15 is 0 Å². The maximum Gasteiger partial charge on any atom is 0.163 e. The largest absolute Gasteiger partial charge is 0.380 e. The summed E-state index contributed by atoms with van der Waals surface area (Å²) >= 11 is 0. The van der Waals surface area contributed by atoms with Crippen molar-refractivity contribution in [1.82, 2.24) is 4.98 Å². The lowest BCUT2D eigenvalue weighted by Gasteiger charge is -2.22. The second kappa shape index (κ2) is 4.76. The summed E-state index contributed by atoms with van der Waals surface area (Å²) in [6.07, 6.45) is 2.65. The zero-order valence-electron chi connectivity index (χ0n) is 8.52. The molecule has 0 atom stereocenters. The van der Waals surface area contributed by atoms with Gasteiger partial charge in [-0.3, -0.25) is 0 Å². The van der Waals surface area contributed by atoms with Crippen LogP contribution in [-0.4, -0.2) is 31.3 Å². The SMILES string of the molecule is N#Cc1ncccc1N1CCCOCC1. The molecule has 4 nitrogen and oxygen atoms in total. The molecule has 1 aliphatic rings. The van der Waals surface area contributed by atoms with Crippen LogP contribution >= 0.6 is 0 Å². The summed E-state index contributed by atoms with van der Waals surface area (Å²) in [5.41, 5.74) is 1.42. The third-order valence-corrected chi connectivity index (χ3v) is 2.46. The molecule has 1 fully saturated rings. The molecule has 2 heterocycles. The number of pyridine rings is 1. The fourth-order valence-corrected chi connectivity index (χ4v) is 1.73. The second-order valence-corrected chi connectivity index (χ2v) is 3.44. The minimum Gasteiger partial charge on any atom is -0.380 e. The number of rotatable bonds is 1. The van der Waals surface area contributed by atoms with Gasteiger partial charge >= 0.3 is 0 Å². The highest BCUT2D eigenvalue weighted by atomic mass is 16.5. The smallest absolute Gasteiger partial charge is 0.163 e. The first-order valence-electron chi connectivity index (χ1n) is 5.09. The predicted octanol–water partition coefficient (Wildman–Crippen LogP) is 1.18. The third-order valence-electron chi connectivity index (χ3n) is 2.46. The number of hydrogen-bond acceptors (Lipinski definition) is 4.